The van der Waals surface area contributed by atoms with Crippen LogP contribution in [-0.4, -0.2) is 91.7 Å². The lowest BCUT2D eigenvalue weighted by Crippen LogP contribution is -2.29. The molecule has 0 atom stereocenters. The number of nitrogens with two attached hydrogens (primary N) is 1. The van der Waals surface area contributed by atoms with Crippen LogP contribution in [0.15, 0.2) is 275 Å². The van der Waals surface area contributed by atoms with Crippen LogP contribution in [0.5, 0.6) is 0 Å². The fourth-order valence-corrected chi connectivity index (χ4v) is 13.4. The van der Waals surface area contributed by atoms with Crippen molar-refractivity contribution in [3.8, 4) is 45.0 Å². The van der Waals surface area contributed by atoms with Crippen molar-refractivity contribution in [3.05, 3.63) is 310 Å². The van der Waals surface area contributed by atoms with E-state index in [9.17, 15) is 30.8 Å². The number of sulfone groups is 1. The van der Waals surface area contributed by atoms with Gasteiger partial charge in [-0.25, -0.2) is 50.7 Å². The fourth-order valence-electron chi connectivity index (χ4n) is 11.6. The second kappa shape index (κ2) is 33.7. The molecule has 0 spiro atoms. The molecule has 16 aromatic rings. The molecule has 0 bridgehead atoms. The Morgan fingerprint density at radius 1 is 0.440 bits per heavy atom. The van der Waals surface area contributed by atoms with Gasteiger partial charge in [-0.2, -0.15) is 38.5 Å². The number of nitrogens with one attached hydrogen (secondary N) is 4. The van der Waals surface area contributed by atoms with E-state index < -0.39 is 19.9 Å². The Morgan fingerprint density at radius 3 is 1.24 bits per heavy atom. The molecule has 30 heteroatoms. The van der Waals surface area contributed by atoms with Gasteiger partial charge in [-0.05, 0) is 122 Å². The highest BCUT2D eigenvalue weighted by atomic mass is 79.9. The fraction of sp³-hybridized carbons (Fsp3) is 0.114. The average molecular weight is 1630 g/mol. The minimum absolute atomic E-state index is 0.0467. The Bertz CT molecular complexity index is 5920. The summed E-state index contributed by atoms with van der Waals surface area (Å²) in [4.78, 5) is 23.2. The highest BCUT2D eigenvalue weighted by molar-refractivity contribution is 9.11. The molecule has 0 fully saturated rings. The quantitative estimate of drug-likeness (QED) is 0.0305. The molecule has 0 radical (unpaired) electrons. The molecule has 7 N–H and O–H groups in total. The zero-order valence-electron chi connectivity index (χ0n) is 58.7. The molecule has 109 heavy (non-hydrogen) atoms. The maximum Gasteiger partial charge on any atom is 0.238 e. The predicted molar refractivity (Wildman–Crippen MR) is 422 cm³/mol. The number of nitrogens with zero attached hydrogens (tertiary/aromatic N) is 14. The van der Waals surface area contributed by atoms with E-state index in [1.54, 1.807) is 131 Å². The summed E-state index contributed by atoms with van der Waals surface area (Å²) in [6, 6.07) is 61.3. The highest BCUT2D eigenvalue weighted by Crippen LogP contribution is 2.32. The normalized spacial score (nSPS) is 11.3. The Balaban J connectivity index is 0.000000128. The Kier molecular flexibility index (Phi) is 23.2. The van der Waals surface area contributed by atoms with Crippen LogP contribution in [0.4, 0.5) is 32.1 Å². The van der Waals surface area contributed by atoms with E-state index in [0.29, 0.717) is 80.6 Å². The van der Waals surface area contributed by atoms with Gasteiger partial charge in [0.15, 0.2) is 32.4 Å². The molecule has 10 aromatic heterocycles. The minimum atomic E-state index is -3.74. The molecule has 24 nitrogen and oxygen atoms in total. The standard InChI is InChI=1S/C20H16BrFN4O2S.C20H20N5O.C20H19N5.C19H15BrFN5O2S/c1-29(27,28)14-8-6-13(7-9-14)11-23-19-10-18(15-4-2-3-5-17(15)22)25-20-16(21)12-24-26(19)20;1-2-16-13-22-25-19(21-12-15-7-6-10-24(26)14-15)11-18(23-20(16)25)17-8-4-3-5-9-17;1-2-16-14-23-25-19(22-13-15-7-6-10-21-12-15)11-18(24-20(16)25)17-8-4-3-5-9-17;20-15-11-24-26-18(23-10-12-5-7-13(8-6-12)29(22,27)28)9-17(25-19(15)26)14-3-1-2-4-16(14)21/h2-10,12,23H,11H2,1H3;3-11,13-14,21,26H,2,12H2,1H3;3-12,14,22H,2,13H2,1H3;1-9,11,23H,10H2,(H2,22,27,28)/q;+1;;. The highest BCUT2D eigenvalue weighted by Gasteiger charge is 2.19. The summed E-state index contributed by atoms with van der Waals surface area (Å²) in [5.74, 6) is 2.29. The number of benzene rings is 6. The molecule has 0 aliphatic heterocycles. The molecule has 0 saturated heterocycles. The van der Waals surface area contributed by atoms with Gasteiger partial charge in [0, 0.05) is 119 Å². The van der Waals surface area contributed by atoms with Gasteiger partial charge in [0.1, 0.15) is 34.9 Å². The van der Waals surface area contributed by atoms with Crippen LogP contribution in [0.2, 0.25) is 0 Å². The third-order valence-corrected chi connectivity index (χ3v) is 20.4. The topological polar surface area (TPSA) is 300 Å². The largest absolute Gasteiger partial charge is 0.366 e. The Hall–Kier alpha value is -12.2. The van der Waals surface area contributed by atoms with Gasteiger partial charge in [-0.1, -0.05) is 129 Å². The Labute approximate surface area is 642 Å². The summed E-state index contributed by atoms with van der Waals surface area (Å²) in [5, 5.41) is 45.7. The summed E-state index contributed by atoms with van der Waals surface area (Å²) in [6.45, 7) is 6.29. The monoisotopic (exact) mass is 1620 g/mol. The van der Waals surface area contributed by atoms with E-state index in [1.807, 2.05) is 88.3 Å². The number of aryl methyl sites for hydroxylation is 2. The number of anilines is 4. The third kappa shape index (κ3) is 18.1. The van der Waals surface area contributed by atoms with Crippen LogP contribution in [0, 0.1) is 11.6 Å². The molecule has 0 saturated carbocycles. The van der Waals surface area contributed by atoms with Gasteiger partial charge >= 0.3 is 0 Å². The number of rotatable bonds is 20. The molecule has 0 aliphatic rings. The number of hydrogen-bond acceptors (Lipinski definition) is 18. The lowest BCUT2D eigenvalue weighted by Gasteiger charge is -2.12. The maximum atomic E-state index is 14.3. The first-order chi connectivity index (χ1) is 52.7. The van der Waals surface area contributed by atoms with Crippen molar-refractivity contribution in [2.75, 3.05) is 27.5 Å². The number of fused-ring (bicyclic) bond motifs is 4. The SMILES string of the molecule is CCc1cnn2c(NCc3ccc[n+](O)c3)cc(-c3ccccc3)nc12.CCc1cnn2c(NCc3cccnc3)cc(-c3ccccc3)nc12.CS(=O)(=O)c1ccc(CNc2cc(-c3ccccc3F)nc3c(Br)cnn23)cc1.NS(=O)(=O)c1ccc(CNc2cc(-c3ccccc3F)nc3c(Br)cnn23)cc1. The van der Waals surface area contributed by atoms with Gasteiger partial charge in [-0.3, -0.25) is 10.2 Å². The zero-order valence-corrected chi connectivity index (χ0v) is 63.5. The number of primary sulfonamides is 1. The molecule has 550 valence electrons. The first-order valence-corrected chi connectivity index (χ1v) is 39.2. The van der Waals surface area contributed by atoms with Crippen LogP contribution < -0.4 is 31.1 Å². The van der Waals surface area contributed by atoms with E-state index in [1.165, 1.54) is 30.5 Å². The van der Waals surface area contributed by atoms with Crippen molar-refractivity contribution in [3.63, 3.8) is 0 Å². The maximum absolute atomic E-state index is 14.3. The predicted octanol–water partition coefficient (Wildman–Crippen LogP) is 14.9. The van der Waals surface area contributed by atoms with Gasteiger partial charge in [-0.15, -0.1) is 0 Å². The number of aromatic nitrogens is 14. The van der Waals surface area contributed by atoms with Gasteiger partial charge in [0.2, 0.25) is 22.4 Å². The van der Waals surface area contributed by atoms with Crippen molar-refractivity contribution >= 4 is 97.6 Å². The summed E-state index contributed by atoms with van der Waals surface area (Å²) < 4.78 is 83.9. The molecule has 0 amide bonds. The number of pyridine rings is 2. The van der Waals surface area contributed by atoms with Crippen molar-refractivity contribution in [2.45, 2.75) is 62.7 Å². The second-order valence-corrected chi connectivity index (χ2v) is 30.0. The molecule has 10 heterocycles. The van der Waals surface area contributed by atoms with E-state index in [2.05, 4.69) is 133 Å². The second-order valence-electron chi connectivity index (χ2n) is 24.7. The Morgan fingerprint density at radius 2 is 0.826 bits per heavy atom. The van der Waals surface area contributed by atoms with Crippen molar-refractivity contribution < 1.29 is 35.6 Å². The summed E-state index contributed by atoms with van der Waals surface area (Å²) in [7, 11) is -6.97. The van der Waals surface area contributed by atoms with Gasteiger partial charge < -0.3 is 21.3 Å². The smallest absolute Gasteiger partial charge is 0.238 e. The van der Waals surface area contributed by atoms with Crippen molar-refractivity contribution in [2.24, 2.45) is 5.14 Å². The number of sulfonamides is 1. The summed E-state index contributed by atoms with van der Waals surface area (Å²) >= 11 is 6.84. The number of halogens is 4. The molecule has 6 aromatic carbocycles. The molecular formula is C79H70Br2F2N19O5S2+. The van der Waals surface area contributed by atoms with Crippen LogP contribution in [-0.2, 0) is 58.9 Å². The average Bonchev–Trinajstić information content (AvgIpc) is 1.71. The van der Waals surface area contributed by atoms with Crippen LogP contribution >= 0.6 is 31.9 Å². The van der Waals surface area contributed by atoms with Gasteiger partial charge in [0.25, 0.3) is 0 Å². The first kappa shape index (κ1) is 75.0. The third-order valence-electron chi connectivity index (χ3n) is 17.2. The summed E-state index contributed by atoms with van der Waals surface area (Å²) in [6.07, 6.45) is 16.8. The van der Waals surface area contributed by atoms with E-state index >= 15 is 0 Å². The van der Waals surface area contributed by atoms with Gasteiger partial charge in [0.05, 0.1) is 66.3 Å². The molecule has 0 unspecified atom stereocenters. The minimum Gasteiger partial charge on any atom is -0.366 e. The molecule has 0 aliphatic carbocycles. The van der Waals surface area contributed by atoms with Crippen LogP contribution in [0.1, 0.15) is 47.2 Å². The van der Waals surface area contributed by atoms with Crippen LogP contribution in [0.25, 0.3) is 67.6 Å². The summed E-state index contributed by atoms with van der Waals surface area (Å²) in [5.41, 5.74) is 14.6. The van der Waals surface area contributed by atoms with Crippen molar-refractivity contribution in [1.82, 2.24) is 63.4 Å². The van der Waals surface area contributed by atoms with Crippen molar-refractivity contribution in [1.29, 1.82) is 0 Å². The van der Waals surface area contributed by atoms with E-state index in [0.717, 1.165) is 96.4 Å². The van der Waals surface area contributed by atoms with Crippen LogP contribution in [0.3, 0.4) is 0 Å². The molecular weight excluding hydrogens is 1560 g/mol. The lowest BCUT2D eigenvalue weighted by atomic mass is 10.1. The zero-order chi connectivity index (χ0) is 76.2. The first-order valence-electron chi connectivity index (χ1n) is 34.1. The number of hydrogen-bond donors (Lipinski definition) is 6. The van der Waals surface area contributed by atoms with E-state index in [4.69, 9.17) is 15.1 Å². The molecule has 16 rings (SSSR count). The lowest BCUT2D eigenvalue weighted by molar-refractivity contribution is -0.905. The van der Waals surface area contributed by atoms with E-state index in [-0.39, 0.29) is 21.4 Å².